The Labute approximate surface area is 159 Å². The molecular formula is C19H30N6O2. The highest BCUT2D eigenvalue weighted by Gasteiger charge is 2.26. The van der Waals surface area contributed by atoms with Gasteiger partial charge in [0.2, 0.25) is 5.95 Å². The molecule has 0 spiro atoms. The molecule has 2 aromatic heterocycles. The van der Waals surface area contributed by atoms with Crippen LogP contribution in [0.1, 0.15) is 59.3 Å². The number of aryl methyl sites for hydroxylation is 1. The number of aromatic nitrogens is 4. The van der Waals surface area contributed by atoms with Crippen LogP contribution in [0.2, 0.25) is 0 Å². The summed E-state index contributed by atoms with van der Waals surface area (Å²) in [5, 5.41) is 6.50. The molecule has 0 unspecified atom stereocenters. The van der Waals surface area contributed by atoms with Crippen molar-refractivity contribution in [2.45, 2.75) is 72.4 Å². The minimum absolute atomic E-state index is 0.244. The fourth-order valence-corrected chi connectivity index (χ4v) is 3.60. The predicted molar refractivity (Wildman–Crippen MR) is 109 cm³/mol. The zero-order chi connectivity index (χ0) is 19.6. The third-order valence-electron chi connectivity index (χ3n) is 5.08. The Morgan fingerprint density at radius 2 is 1.67 bits per heavy atom. The van der Waals surface area contributed by atoms with Gasteiger partial charge in [-0.05, 0) is 19.8 Å². The fraction of sp³-hybridized carbons (Fsp3) is 0.684. The molecule has 8 heteroatoms. The summed E-state index contributed by atoms with van der Waals surface area (Å²) in [6.45, 7) is 7.96. The normalized spacial score (nSPS) is 13.9. The van der Waals surface area contributed by atoms with Crippen LogP contribution in [-0.4, -0.2) is 30.9 Å². The third-order valence-corrected chi connectivity index (χ3v) is 5.08. The zero-order valence-corrected chi connectivity index (χ0v) is 16.9. The molecule has 8 nitrogen and oxygen atoms in total. The average Bonchev–Trinajstić information content (AvgIpc) is 3.02. The molecule has 0 amide bonds. The molecule has 3 heterocycles. The second-order valence-electron chi connectivity index (χ2n) is 7.34. The van der Waals surface area contributed by atoms with Gasteiger partial charge in [-0.1, -0.05) is 39.5 Å². The summed E-state index contributed by atoms with van der Waals surface area (Å²) in [4.78, 5) is 30.5. The number of anilines is 1. The van der Waals surface area contributed by atoms with Gasteiger partial charge in [0.05, 0.1) is 12.3 Å². The van der Waals surface area contributed by atoms with Gasteiger partial charge < -0.3 is 0 Å². The fourth-order valence-electron chi connectivity index (χ4n) is 3.60. The maximum Gasteiger partial charge on any atom is 0.332 e. The van der Waals surface area contributed by atoms with Crippen molar-refractivity contribution in [1.82, 2.24) is 18.7 Å². The topological polar surface area (TPSA) is 77.4 Å². The lowest BCUT2D eigenvalue weighted by Gasteiger charge is -2.24. The smallest absolute Gasteiger partial charge is 0.297 e. The third kappa shape index (κ3) is 3.57. The number of rotatable bonds is 8. The highest BCUT2D eigenvalue weighted by molar-refractivity contribution is 5.87. The van der Waals surface area contributed by atoms with Crippen LogP contribution in [0.5, 0.6) is 0 Å². The largest absolute Gasteiger partial charge is 0.332 e. The lowest BCUT2D eigenvalue weighted by Crippen LogP contribution is -2.40. The van der Waals surface area contributed by atoms with Crippen LogP contribution in [0.15, 0.2) is 14.7 Å². The molecule has 0 bridgehead atoms. The summed E-state index contributed by atoms with van der Waals surface area (Å²) >= 11 is 0. The predicted octanol–water partition coefficient (Wildman–Crippen LogP) is 2.47. The summed E-state index contributed by atoms with van der Waals surface area (Å²) in [7, 11) is 1.69. The van der Waals surface area contributed by atoms with E-state index >= 15 is 0 Å². The Hall–Kier alpha value is -2.38. The number of hydrazone groups is 1. The first-order valence-electron chi connectivity index (χ1n) is 10.0. The molecule has 27 heavy (non-hydrogen) atoms. The number of fused-ring (bicyclic) bond motifs is 3. The molecule has 1 aliphatic rings. The number of unbranched alkanes of at least 4 members (excludes halogenated alkanes) is 4. The van der Waals surface area contributed by atoms with Crippen molar-refractivity contribution >= 4 is 22.8 Å². The Bertz CT molecular complexity index is 965. The molecular weight excluding hydrogens is 344 g/mol. The van der Waals surface area contributed by atoms with Crippen molar-refractivity contribution in [2.24, 2.45) is 12.1 Å². The molecule has 0 radical (unpaired) electrons. The van der Waals surface area contributed by atoms with E-state index in [2.05, 4.69) is 23.9 Å². The molecule has 0 aromatic carbocycles. The monoisotopic (exact) mass is 374 g/mol. The molecule has 0 fully saturated rings. The lowest BCUT2D eigenvalue weighted by atomic mass is 10.2. The van der Waals surface area contributed by atoms with E-state index in [1.54, 1.807) is 7.05 Å². The number of hydrogen-bond acceptors (Lipinski definition) is 5. The van der Waals surface area contributed by atoms with E-state index in [1.807, 2.05) is 16.5 Å². The lowest BCUT2D eigenvalue weighted by molar-refractivity contribution is 0.549. The van der Waals surface area contributed by atoms with E-state index < -0.39 is 0 Å². The Morgan fingerprint density at radius 3 is 2.33 bits per heavy atom. The molecule has 0 N–H and O–H groups in total. The summed E-state index contributed by atoms with van der Waals surface area (Å²) < 4.78 is 4.77. The van der Waals surface area contributed by atoms with Crippen molar-refractivity contribution in [3.05, 3.63) is 20.8 Å². The van der Waals surface area contributed by atoms with Gasteiger partial charge in [-0.25, -0.2) is 9.80 Å². The molecule has 0 saturated carbocycles. The van der Waals surface area contributed by atoms with Gasteiger partial charge in [-0.3, -0.25) is 18.5 Å². The Balaban J connectivity index is 2.11. The van der Waals surface area contributed by atoms with Gasteiger partial charge >= 0.3 is 5.69 Å². The van der Waals surface area contributed by atoms with Gasteiger partial charge in [0.15, 0.2) is 11.2 Å². The van der Waals surface area contributed by atoms with E-state index in [1.165, 1.54) is 9.13 Å². The SMILES string of the molecule is CCCCCN1N=C(C)Cn2c1nc1c2c(=O)n(CCCCC)c(=O)n1C. The molecule has 0 saturated heterocycles. The van der Waals surface area contributed by atoms with E-state index in [0.717, 1.165) is 50.8 Å². The molecule has 2 aromatic rings. The summed E-state index contributed by atoms with van der Waals surface area (Å²) in [6, 6.07) is 0. The first-order chi connectivity index (χ1) is 13.0. The molecule has 148 valence electrons. The van der Waals surface area contributed by atoms with Gasteiger partial charge in [-0.2, -0.15) is 10.1 Å². The summed E-state index contributed by atoms with van der Waals surface area (Å²) in [5.41, 5.74) is 1.33. The zero-order valence-electron chi connectivity index (χ0n) is 16.9. The van der Waals surface area contributed by atoms with Crippen molar-refractivity contribution < 1.29 is 0 Å². The molecule has 0 atom stereocenters. The minimum atomic E-state index is -0.297. The van der Waals surface area contributed by atoms with Crippen LogP contribution >= 0.6 is 0 Å². The van der Waals surface area contributed by atoms with Crippen LogP contribution in [0.25, 0.3) is 11.2 Å². The van der Waals surface area contributed by atoms with Gasteiger partial charge in [0.1, 0.15) is 0 Å². The standard InChI is InChI=1S/C19H30N6O2/c1-5-7-9-11-23-17(26)15-16(22(4)19(23)27)20-18-24(15)13-14(3)21-25(18)12-10-8-6-2/h5-13H2,1-4H3. The van der Waals surface area contributed by atoms with Crippen LogP contribution < -0.4 is 16.3 Å². The maximum absolute atomic E-state index is 13.1. The summed E-state index contributed by atoms with van der Waals surface area (Å²) in [6.07, 6.45) is 6.12. The van der Waals surface area contributed by atoms with E-state index in [9.17, 15) is 9.59 Å². The second kappa shape index (κ2) is 8.10. The molecule has 0 aliphatic carbocycles. The van der Waals surface area contributed by atoms with Gasteiger partial charge in [0.25, 0.3) is 5.56 Å². The van der Waals surface area contributed by atoms with Crippen molar-refractivity contribution in [3.8, 4) is 0 Å². The Morgan fingerprint density at radius 1 is 1.00 bits per heavy atom. The van der Waals surface area contributed by atoms with Crippen molar-refractivity contribution in [3.63, 3.8) is 0 Å². The second-order valence-corrected chi connectivity index (χ2v) is 7.34. The maximum atomic E-state index is 13.1. The van der Waals surface area contributed by atoms with E-state index in [-0.39, 0.29) is 11.2 Å². The first-order valence-corrected chi connectivity index (χ1v) is 10.0. The highest BCUT2D eigenvalue weighted by Crippen LogP contribution is 2.24. The van der Waals surface area contributed by atoms with Crippen LogP contribution in [0.4, 0.5) is 5.95 Å². The van der Waals surface area contributed by atoms with Crippen LogP contribution in [0.3, 0.4) is 0 Å². The number of imidazole rings is 1. The number of nitrogens with zero attached hydrogens (tertiary/aromatic N) is 6. The minimum Gasteiger partial charge on any atom is -0.297 e. The highest BCUT2D eigenvalue weighted by atomic mass is 16.2. The van der Waals surface area contributed by atoms with Gasteiger partial charge in [0, 0.05) is 20.1 Å². The van der Waals surface area contributed by atoms with Gasteiger partial charge in [-0.15, -0.1) is 0 Å². The summed E-state index contributed by atoms with van der Waals surface area (Å²) in [5.74, 6) is 0.658. The quantitative estimate of drug-likeness (QED) is 0.665. The van der Waals surface area contributed by atoms with E-state index in [0.29, 0.717) is 30.2 Å². The molecule has 1 aliphatic heterocycles. The van der Waals surface area contributed by atoms with E-state index in [4.69, 9.17) is 0 Å². The van der Waals surface area contributed by atoms with Crippen LogP contribution in [0, 0.1) is 0 Å². The average molecular weight is 374 g/mol. The number of hydrogen-bond donors (Lipinski definition) is 0. The van der Waals surface area contributed by atoms with Crippen molar-refractivity contribution in [1.29, 1.82) is 0 Å². The first kappa shape index (κ1) is 19.4. The van der Waals surface area contributed by atoms with Crippen LogP contribution in [-0.2, 0) is 20.1 Å². The molecule has 3 rings (SSSR count). The Kier molecular flexibility index (Phi) is 5.82. The van der Waals surface area contributed by atoms with Crippen molar-refractivity contribution in [2.75, 3.05) is 11.6 Å².